The van der Waals surface area contributed by atoms with Gasteiger partial charge in [-0.3, -0.25) is 9.55 Å². The summed E-state index contributed by atoms with van der Waals surface area (Å²) >= 11 is 0. The Morgan fingerprint density at radius 2 is 1.04 bits per heavy atom. The first-order valence-corrected chi connectivity index (χ1v) is 23.3. The normalized spacial score (nSPS) is 15.0. The third kappa shape index (κ3) is 9.05. The molecule has 4 nitrogen and oxygen atoms in total. The minimum absolute atomic E-state index is 0.0330. The number of pyridine rings is 1. The van der Waals surface area contributed by atoms with Crippen molar-refractivity contribution in [1.29, 1.82) is 0 Å². The second kappa shape index (κ2) is 17.2. The number of nitrogens with zero attached hydrogens (tertiary/aromatic N) is 3. The molecule has 68 heavy (non-hydrogen) atoms. The van der Waals surface area contributed by atoms with Crippen LogP contribution in [-0.2, 0) is 21.7 Å². The van der Waals surface area contributed by atoms with Gasteiger partial charge in [0, 0.05) is 40.8 Å². The molecular weight excluding hydrogens is 827 g/mol. The number of imidazole rings is 1. The SMILES string of the molecule is [2H]C([2H])([2H])C(c1cc(-c2cc(-c3ccccc3)ccn2)cc(-c2cccc3c2nc(-c2cc(C(C)(C)C)cc(C(C)(C)C)c2O)n3-c2ccc(-c3ccc(C(C)(C)C)cc3)cc2-c2ccccc2)c1)(C([2H])([2H])[2H])C([2H])([2H])[2H]. The molecule has 0 aliphatic rings. The van der Waals surface area contributed by atoms with Crippen molar-refractivity contribution in [3.63, 3.8) is 0 Å². The van der Waals surface area contributed by atoms with Crippen molar-refractivity contribution in [2.45, 2.75) is 105 Å². The lowest BCUT2D eigenvalue weighted by molar-refractivity contribution is 0.446. The molecule has 1 N–H and O–H groups in total. The molecule has 0 saturated carbocycles. The summed E-state index contributed by atoms with van der Waals surface area (Å²) in [5, 5.41) is 12.7. The minimum atomic E-state index is -3.55. The molecule has 0 aliphatic heterocycles. The number of hydrogen-bond acceptors (Lipinski definition) is 3. The molecule has 2 heterocycles. The lowest BCUT2D eigenvalue weighted by Crippen LogP contribution is -2.17. The van der Waals surface area contributed by atoms with Crippen LogP contribution in [0, 0.1) is 0 Å². The van der Waals surface area contributed by atoms with Gasteiger partial charge in [-0.1, -0.05) is 198 Å². The number of aromatic nitrogens is 3. The van der Waals surface area contributed by atoms with Crippen LogP contribution in [0.15, 0.2) is 170 Å². The molecule has 9 rings (SSSR count). The van der Waals surface area contributed by atoms with Gasteiger partial charge in [0.05, 0.1) is 28.0 Å². The van der Waals surface area contributed by atoms with Crippen LogP contribution in [0.2, 0.25) is 0 Å². The summed E-state index contributed by atoms with van der Waals surface area (Å²) in [5.41, 5.74) is 7.49. The molecule has 9 aromatic rings. The zero-order valence-electron chi connectivity index (χ0n) is 49.5. The molecule has 2 aromatic heterocycles. The third-order valence-corrected chi connectivity index (χ3v) is 13.0. The molecule has 0 bridgehead atoms. The second-order valence-electron chi connectivity index (χ2n) is 21.1. The number of aromatic hydroxyl groups is 1. The molecular formula is C64H65N3O. The van der Waals surface area contributed by atoms with E-state index in [0.717, 1.165) is 50.2 Å². The van der Waals surface area contributed by atoms with E-state index in [2.05, 4.69) is 128 Å². The Kier molecular flexibility index (Phi) is 9.14. The largest absolute Gasteiger partial charge is 0.507 e. The number of fused-ring (bicyclic) bond motifs is 1. The van der Waals surface area contributed by atoms with Gasteiger partial charge < -0.3 is 5.11 Å². The quantitative estimate of drug-likeness (QED) is 0.173. The van der Waals surface area contributed by atoms with Crippen molar-refractivity contribution in [1.82, 2.24) is 14.5 Å². The van der Waals surface area contributed by atoms with Crippen LogP contribution in [0.3, 0.4) is 0 Å². The van der Waals surface area contributed by atoms with E-state index in [1.807, 2.05) is 84.9 Å². The van der Waals surface area contributed by atoms with Crippen LogP contribution in [0.1, 0.15) is 117 Å². The van der Waals surface area contributed by atoms with Crippen molar-refractivity contribution < 1.29 is 17.4 Å². The molecule has 7 aromatic carbocycles. The van der Waals surface area contributed by atoms with Crippen molar-refractivity contribution in [3.05, 3.63) is 192 Å². The zero-order chi connectivity index (χ0) is 55.8. The fraction of sp³-hybridized carbons (Fsp3) is 0.250. The summed E-state index contributed by atoms with van der Waals surface area (Å²) in [7, 11) is 0. The Balaban J connectivity index is 1.41. The van der Waals surface area contributed by atoms with Gasteiger partial charge >= 0.3 is 0 Å². The maximum atomic E-state index is 12.7. The summed E-state index contributed by atoms with van der Waals surface area (Å²) in [5.74, 6) is 0.475. The maximum Gasteiger partial charge on any atom is 0.149 e. The lowest BCUT2D eigenvalue weighted by Gasteiger charge is -2.27. The average molecular weight is 901 g/mol. The van der Waals surface area contributed by atoms with Crippen molar-refractivity contribution >= 4 is 11.0 Å². The predicted octanol–water partition coefficient (Wildman–Crippen LogP) is 17.3. The van der Waals surface area contributed by atoms with Gasteiger partial charge in [0.25, 0.3) is 0 Å². The third-order valence-electron chi connectivity index (χ3n) is 13.0. The number of phenolic OH excluding ortho intramolecular Hbond substituents is 1. The smallest absolute Gasteiger partial charge is 0.149 e. The van der Waals surface area contributed by atoms with Gasteiger partial charge in [-0.25, -0.2) is 4.98 Å². The van der Waals surface area contributed by atoms with Crippen LogP contribution < -0.4 is 0 Å². The molecule has 342 valence electrons. The summed E-state index contributed by atoms with van der Waals surface area (Å²) in [6, 6.07) is 52.5. The molecule has 0 fully saturated rings. The molecule has 0 atom stereocenters. The van der Waals surface area contributed by atoms with Crippen molar-refractivity contribution in [2.75, 3.05) is 0 Å². The first-order valence-electron chi connectivity index (χ1n) is 27.8. The monoisotopic (exact) mass is 901 g/mol. The van der Waals surface area contributed by atoms with Crippen LogP contribution in [0.4, 0.5) is 0 Å². The van der Waals surface area contributed by atoms with Gasteiger partial charge in [0.2, 0.25) is 0 Å². The molecule has 0 saturated heterocycles. The highest BCUT2D eigenvalue weighted by Crippen LogP contribution is 2.46. The van der Waals surface area contributed by atoms with E-state index in [-0.39, 0.29) is 16.6 Å². The molecule has 0 aliphatic carbocycles. The highest BCUT2D eigenvalue weighted by molar-refractivity contribution is 5.98. The van der Waals surface area contributed by atoms with Gasteiger partial charge in [-0.15, -0.1) is 0 Å². The number of rotatable bonds is 7. The molecule has 0 amide bonds. The van der Waals surface area contributed by atoms with Gasteiger partial charge in [0.15, 0.2) is 0 Å². The maximum absolute atomic E-state index is 12.7. The van der Waals surface area contributed by atoms with Crippen LogP contribution >= 0.6 is 0 Å². The Hall–Kier alpha value is -7.04. The standard InChI is InChI=1S/C64H65N3O/c1-61(2,3)48-29-26-42(27-30-48)44-28-31-56(52(37-44)43-22-17-14-18-23-43)67-57-25-19-24-51(58(57)66-60(67)53-39-50(63(7,8)9)40-54(59(53)68)64(10,11)12)46-34-47(36-49(35-46)62(4,5)6)55-38-45(32-33-65-55)41-20-15-13-16-21-41/h13-40,68H,1-12H3/i4D3,5D3,6D3. The van der Waals surface area contributed by atoms with E-state index in [1.165, 1.54) is 17.7 Å². The minimum Gasteiger partial charge on any atom is -0.507 e. The number of phenols is 1. The first-order chi connectivity index (χ1) is 35.9. The van der Waals surface area contributed by atoms with Crippen LogP contribution in [0.25, 0.3) is 83.9 Å². The van der Waals surface area contributed by atoms with E-state index in [1.54, 1.807) is 12.3 Å². The Morgan fingerprint density at radius 1 is 0.441 bits per heavy atom. The predicted molar refractivity (Wildman–Crippen MR) is 288 cm³/mol. The van der Waals surface area contributed by atoms with E-state index < -0.39 is 36.9 Å². The van der Waals surface area contributed by atoms with Gasteiger partial charge in [-0.05, 0) is 120 Å². The van der Waals surface area contributed by atoms with E-state index >= 15 is 0 Å². The molecule has 0 unspecified atom stereocenters. The molecule has 0 spiro atoms. The van der Waals surface area contributed by atoms with Crippen LogP contribution in [-0.4, -0.2) is 19.6 Å². The Morgan fingerprint density at radius 3 is 1.69 bits per heavy atom. The zero-order valence-corrected chi connectivity index (χ0v) is 40.5. The summed E-state index contributed by atoms with van der Waals surface area (Å²) in [6.07, 6.45) is 1.61. The lowest BCUT2D eigenvalue weighted by atomic mass is 9.79. The summed E-state index contributed by atoms with van der Waals surface area (Å²) in [6.45, 7) is 8.51. The average Bonchev–Trinajstić information content (AvgIpc) is 3.75. The Labute approximate surface area is 417 Å². The number of benzene rings is 7. The van der Waals surface area contributed by atoms with Crippen molar-refractivity contribution in [2.24, 2.45) is 0 Å². The van der Waals surface area contributed by atoms with E-state index in [4.69, 9.17) is 22.3 Å². The topological polar surface area (TPSA) is 50.9 Å². The molecule has 0 radical (unpaired) electrons. The van der Waals surface area contributed by atoms with Gasteiger partial charge in [0.1, 0.15) is 11.6 Å². The second-order valence-corrected chi connectivity index (χ2v) is 21.1. The fourth-order valence-corrected chi connectivity index (χ4v) is 9.03. The van der Waals surface area contributed by atoms with E-state index in [9.17, 15) is 5.11 Å². The summed E-state index contributed by atoms with van der Waals surface area (Å²) < 4.78 is 81.5. The first kappa shape index (κ1) is 36.1. The fourth-order valence-electron chi connectivity index (χ4n) is 9.03. The van der Waals surface area contributed by atoms with Crippen molar-refractivity contribution in [3.8, 4) is 78.6 Å². The summed E-state index contributed by atoms with van der Waals surface area (Å²) in [4.78, 5) is 10.3. The number of para-hydroxylation sites is 1. The van der Waals surface area contributed by atoms with Crippen LogP contribution in [0.5, 0.6) is 5.75 Å². The van der Waals surface area contributed by atoms with E-state index in [0.29, 0.717) is 44.8 Å². The highest BCUT2D eigenvalue weighted by Gasteiger charge is 2.30. The number of hydrogen-bond donors (Lipinski definition) is 1. The van der Waals surface area contributed by atoms with Gasteiger partial charge in [-0.2, -0.15) is 0 Å². The Bertz CT molecular complexity index is 3610. The molecule has 4 heteroatoms. The highest BCUT2D eigenvalue weighted by atomic mass is 16.3.